The van der Waals surface area contributed by atoms with Gasteiger partial charge in [0.05, 0.1) is 34.9 Å². The third-order valence-electron chi connectivity index (χ3n) is 4.86. The largest absolute Gasteiger partial charge is 0.493 e. The van der Waals surface area contributed by atoms with Crippen LogP contribution in [0.25, 0.3) is 10.8 Å². The summed E-state index contributed by atoms with van der Waals surface area (Å²) in [5.41, 5.74) is 0.960. The first kappa shape index (κ1) is 22.0. The lowest BCUT2D eigenvalue weighted by Crippen LogP contribution is -2.13. The molecule has 0 atom stereocenters. The van der Waals surface area contributed by atoms with E-state index in [2.05, 4.69) is 0 Å². The molecule has 0 unspecified atom stereocenters. The Bertz CT molecular complexity index is 1100. The van der Waals surface area contributed by atoms with Crippen LogP contribution in [-0.4, -0.2) is 40.4 Å². The van der Waals surface area contributed by atoms with Crippen molar-refractivity contribution in [1.29, 1.82) is 0 Å². The molecule has 0 aliphatic heterocycles. The van der Waals surface area contributed by atoms with Crippen molar-refractivity contribution in [2.75, 3.05) is 28.4 Å². The van der Waals surface area contributed by atoms with Gasteiger partial charge in [0, 0.05) is 0 Å². The molecule has 7 nitrogen and oxygen atoms in total. The van der Waals surface area contributed by atoms with Gasteiger partial charge in [0.25, 0.3) is 0 Å². The second-order valence-electron chi connectivity index (χ2n) is 6.65. The number of rotatable bonds is 8. The van der Waals surface area contributed by atoms with E-state index < -0.39 is 11.9 Å². The Balaban J connectivity index is 1.82. The summed E-state index contributed by atoms with van der Waals surface area (Å²) in [5, 5.41) is 1.69. The Morgan fingerprint density at radius 2 is 1.45 bits per heavy atom. The monoisotopic (exact) mass is 424 g/mol. The van der Waals surface area contributed by atoms with Crippen LogP contribution < -0.4 is 18.9 Å². The lowest BCUT2D eigenvalue weighted by atomic mass is 10.1. The van der Waals surface area contributed by atoms with Gasteiger partial charge in [-0.25, -0.2) is 4.79 Å². The molecule has 0 aromatic heterocycles. The van der Waals surface area contributed by atoms with Crippen LogP contribution in [0.5, 0.6) is 23.0 Å². The molecule has 31 heavy (non-hydrogen) atoms. The molecule has 162 valence electrons. The van der Waals surface area contributed by atoms with Gasteiger partial charge in [0.2, 0.25) is 5.75 Å². The summed E-state index contributed by atoms with van der Waals surface area (Å²) in [6, 6.07) is 14.4. The van der Waals surface area contributed by atoms with Gasteiger partial charge in [-0.1, -0.05) is 30.3 Å². The topological polar surface area (TPSA) is 80.3 Å². The van der Waals surface area contributed by atoms with Crippen LogP contribution in [-0.2, 0) is 16.0 Å². The van der Waals surface area contributed by atoms with Crippen molar-refractivity contribution in [3.8, 4) is 23.0 Å². The number of methoxy groups -OCH3 is 4. The van der Waals surface area contributed by atoms with Gasteiger partial charge in [-0.15, -0.1) is 0 Å². The molecule has 0 spiro atoms. The van der Waals surface area contributed by atoms with Gasteiger partial charge in [0.15, 0.2) is 11.5 Å². The van der Waals surface area contributed by atoms with Crippen molar-refractivity contribution in [2.45, 2.75) is 12.8 Å². The summed E-state index contributed by atoms with van der Waals surface area (Å²) in [6.07, 6.45) is 0.419. The number of benzene rings is 3. The molecule has 3 aromatic rings. The minimum atomic E-state index is -0.574. The third kappa shape index (κ3) is 4.71. The molecular formula is C24H24O7. The van der Waals surface area contributed by atoms with Crippen molar-refractivity contribution >= 4 is 22.7 Å². The first-order chi connectivity index (χ1) is 15.0. The minimum absolute atomic E-state index is 0.0687. The number of fused-ring (bicyclic) bond motifs is 1. The van der Waals surface area contributed by atoms with Crippen LogP contribution in [0.15, 0.2) is 48.5 Å². The zero-order valence-corrected chi connectivity index (χ0v) is 17.9. The average molecular weight is 424 g/mol. The highest BCUT2D eigenvalue weighted by Gasteiger charge is 2.20. The minimum Gasteiger partial charge on any atom is -0.493 e. The van der Waals surface area contributed by atoms with Crippen molar-refractivity contribution in [3.05, 3.63) is 59.7 Å². The van der Waals surface area contributed by atoms with Crippen LogP contribution >= 0.6 is 0 Å². The van der Waals surface area contributed by atoms with E-state index >= 15 is 0 Å². The Labute approximate surface area is 180 Å². The summed E-state index contributed by atoms with van der Waals surface area (Å²) in [6.45, 7) is 0. The fourth-order valence-electron chi connectivity index (χ4n) is 3.34. The molecule has 0 radical (unpaired) electrons. The van der Waals surface area contributed by atoms with Crippen LogP contribution in [0.2, 0.25) is 0 Å². The maximum absolute atomic E-state index is 12.6. The molecule has 0 N–H and O–H groups in total. The Morgan fingerprint density at radius 3 is 2.06 bits per heavy atom. The molecule has 0 bridgehead atoms. The highest BCUT2D eigenvalue weighted by atomic mass is 16.5. The molecule has 3 rings (SSSR count). The van der Waals surface area contributed by atoms with Gasteiger partial charge in [-0.3, -0.25) is 4.79 Å². The summed E-state index contributed by atoms with van der Waals surface area (Å²) >= 11 is 0. The van der Waals surface area contributed by atoms with Gasteiger partial charge < -0.3 is 23.7 Å². The van der Waals surface area contributed by atoms with Gasteiger partial charge in [0.1, 0.15) is 11.3 Å². The van der Waals surface area contributed by atoms with E-state index in [0.717, 1.165) is 16.3 Å². The Hall–Kier alpha value is -3.74. The number of carbonyl (C=O) groups is 2. The standard InChI is InChI=1S/C24H24O7/c1-27-19-11-9-15(22(28-2)23(19)29-3)10-12-21(25)31-20-14-17-8-6-5-7-16(17)13-18(20)24(26)30-4/h5-9,11,13-14H,10,12H2,1-4H3. The lowest BCUT2D eigenvalue weighted by Gasteiger charge is -2.15. The number of hydrogen-bond acceptors (Lipinski definition) is 7. The predicted molar refractivity (Wildman–Crippen MR) is 115 cm³/mol. The molecule has 7 heteroatoms. The van der Waals surface area contributed by atoms with Crippen molar-refractivity contribution < 1.29 is 33.3 Å². The molecule has 0 saturated carbocycles. The van der Waals surface area contributed by atoms with Gasteiger partial charge in [-0.2, -0.15) is 0 Å². The number of hydrogen-bond donors (Lipinski definition) is 0. The van der Waals surface area contributed by atoms with E-state index in [0.29, 0.717) is 23.7 Å². The zero-order chi connectivity index (χ0) is 22.4. The number of carbonyl (C=O) groups excluding carboxylic acids is 2. The second kappa shape index (κ2) is 9.84. The molecule has 3 aromatic carbocycles. The summed E-state index contributed by atoms with van der Waals surface area (Å²) in [7, 11) is 5.87. The summed E-state index contributed by atoms with van der Waals surface area (Å²) in [4.78, 5) is 24.8. The van der Waals surface area contributed by atoms with E-state index in [-0.39, 0.29) is 17.7 Å². The molecule has 0 aliphatic rings. The van der Waals surface area contributed by atoms with E-state index in [1.807, 2.05) is 30.3 Å². The first-order valence-corrected chi connectivity index (χ1v) is 9.62. The quantitative estimate of drug-likeness (QED) is 0.396. The molecule has 0 aliphatic carbocycles. The number of esters is 2. The van der Waals surface area contributed by atoms with Crippen molar-refractivity contribution in [3.63, 3.8) is 0 Å². The number of ether oxygens (including phenoxy) is 5. The van der Waals surface area contributed by atoms with E-state index in [9.17, 15) is 9.59 Å². The SMILES string of the molecule is COC(=O)c1cc2ccccc2cc1OC(=O)CCc1ccc(OC)c(OC)c1OC. The van der Waals surface area contributed by atoms with E-state index in [1.54, 1.807) is 18.2 Å². The number of aryl methyl sites for hydroxylation is 1. The van der Waals surface area contributed by atoms with Gasteiger partial charge in [-0.05, 0) is 41.0 Å². The second-order valence-corrected chi connectivity index (χ2v) is 6.65. The molecule has 0 saturated heterocycles. The third-order valence-corrected chi connectivity index (χ3v) is 4.86. The Morgan fingerprint density at radius 1 is 0.774 bits per heavy atom. The van der Waals surface area contributed by atoms with Crippen molar-refractivity contribution in [1.82, 2.24) is 0 Å². The first-order valence-electron chi connectivity index (χ1n) is 9.62. The molecule has 0 amide bonds. The van der Waals surface area contributed by atoms with Crippen LogP contribution in [0.1, 0.15) is 22.3 Å². The molecule has 0 fully saturated rings. The highest BCUT2D eigenvalue weighted by Crippen LogP contribution is 2.40. The Kier molecular flexibility index (Phi) is 6.97. The average Bonchev–Trinajstić information content (AvgIpc) is 2.80. The highest BCUT2D eigenvalue weighted by molar-refractivity contribution is 5.99. The summed E-state index contributed by atoms with van der Waals surface area (Å²) in [5.74, 6) is 0.584. The van der Waals surface area contributed by atoms with E-state index in [1.165, 1.54) is 28.4 Å². The lowest BCUT2D eigenvalue weighted by molar-refractivity contribution is -0.134. The molecular weight excluding hydrogens is 400 g/mol. The maximum atomic E-state index is 12.6. The predicted octanol–water partition coefficient (Wildman–Crippen LogP) is 4.19. The maximum Gasteiger partial charge on any atom is 0.341 e. The van der Waals surface area contributed by atoms with E-state index in [4.69, 9.17) is 23.7 Å². The smallest absolute Gasteiger partial charge is 0.341 e. The normalized spacial score (nSPS) is 10.5. The zero-order valence-electron chi connectivity index (χ0n) is 17.9. The van der Waals surface area contributed by atoms with Gasteiger partial charge >= 0.3 is 11.9 Å². The fraction of sp³-hybridized carbons (Fsp3) is 0.250. The van der Waals surface area contributed by atoms with Crippen LogP contribution in [0.4, 0.5) is 0 Å². The van der Waals surface area contributed by atoms with Crippen LogP contribution in [0.3, 0.4) is 0 Å². The molecule has 0 heterocycles. The van der Waals surface area contributed by atoms with Crippen molar-refractivity contribution in [2.24, 2.45) is 0 Å². The van der Waals surface area contributed by atoms with Crippen LogP contribution in [0, 0.1) is 0 Å². The fourth-order valence-corrected chi connectivity index (χ4v) is 3.34. The summed E-state index contributed by atoms with van der Waals surface area (Å²) < 4.78 is 26.5.